The van der Waals surface area contributed by atoms with E-state index in [0.29, 0.717) is 0 Å². The number of hydrogen-bond donors (Lipinski definition) is 0. The number of hydrogen-bond acceptors (Lipinski definition) is 0. The Balaban J connectivity index is 0.000000204. The maximum atomic E-state index is 6.02. The van der Waals surface area contributed by atoms with Gasteiger partial charge in [-0.2, -0.15) is 18.2 Å². The molecule has 7 aromatic carbocycles. The molecule has 0 aliphatic carbocycles. The quantitative estimate of drug-likeness (QED) is 0.135. The van der Waals surface area contributed by atoms with Crippen LogP contribution in [0.5, 0.6) is 0 Å². The SMILES string of the molecule is CC(C)(C)c1ccc2c(c1)[cH-]c1cc(C(C)(C)C)ccc12.Clc1ccccc1-c1ccc[cH-]1.[Cl-].[Cl-].[Hf+2]=[C](c1ccccc1)c1ccccc1. The molecular weight excluding hydrogens is 825 g/mol. The number of halogens is 3. The van der Waals surface area contributed by atoms with Crippen molar-refractivity contribution >= 4 is 36.4 Å². The van der Waals surface area contributed by atoms with Crippen molar-refractivity contribution in [1.29, 1.82) is 0 Å². The van der Waals surface area contributed by atoms with Crippen molar-refractivity contribution in [3.05, 3.63) is 179 Å². The summed E-state index contributed by atoms with van der Waals surface area (Å²) in [4.78, 5) is 0. The molecule has 250 valence electrons. The van der Waals surface area contributed by atoms with E-state index in [0.717, 1.165) is 34.5 Å². The summed E-state index contributed by atoms with van der Waals surface area (Å²) in [5, 5.41) is 6.28. The van der Waals surface area contributed by atoms with Gasteiger partial charge in [-0.05, 0) is 10.8 Å². The second kappa shape index (κ2) is 17.7. The van der Waals surface area contributed by atoms with Gasteiger partial charge in [0.25, 0.3) is 0 Å². The molecule has 0 unspecified atom stereocenters. The van der Waals surface area contributed by atoms with Crippen LogP contribution in [0.4, 0.5) is 0 Å². The second-order valence-electron chi connectivity index (χ2n) is 14.0. The Hall–Kier alpha value is -3.07. The maximum absolute atomic E-state index is 6.02. The molecule has 0 saturated carbocycles. The van der Waals surface area contributed by atoms with Crippen molar-refractivity contribution in [2.45, 2.75) is 52.4 Å². The van der Waals surface area contributed by atoms with E-state index in [-0.39, 0.29) is 35.6 Å². The normalized spacial score (nSPS) is 11.0. The third-order valence-electron chi connectivity index (χ3n) is 8.41. The van der Waals surface area contributed by atoms with Crippen molar-refractivity contribution < 1.29 is 48.7 Å². The third-order valence-corrected chi connectivity index (χ3v) is 10.8. The predicted molar refractivity (Wildman–Crippen MR) is 203 cm³/mol. The molecule has 7 aromatic rings. The summed E-state index contributed by atoms with van der Waals surface area (Å²) in [6.07, 6.45) is 0. The van der Waals surface area contributed by atoms with Gasteiger partial charge in [0.2, 0.25) is 0 Å². The van der Waals surface area contributed by atoms with Gasteiger partial charge in [-0.15, -0.1) is 51.4 Å². The van der Waals surface area contributed by atoms with E-state index in [2.05, 4.69) is 157 Å². The molecule has 0 heterocycles. The molecule has 0 fully saturated rings. The first kappa shape index (κ1) is 40.4. The summed E-state index contributed by atoms with van der Waals surface area (Å²) in [6.45, 7) is 13.6. The molecule has 0 aliphatic rings. The minimum atomic E-state index is 0. The summed E-state index contributed by atoms with van der Waals surface area (Å²) in [6, 6.07) is 53.4. The molecule has 49 heavy (non-hydrogen) atoms. The van der Waals surface area contributed by atoms with Crippen LogP contribution in [0.1, 0.15) is 63.8 Å². The van der Waals surface area contributed by atoms with Crippen molar-refractivity contribution in [2.75, 3.05) is 0 Å². The molecule has 0 saturated heterocycles. The van der Waals surface area contributed by atoms with Crippen LogP contribution in [0.25, 0.3) is 32.7 Å². The zero-order chi connectivity index (χ0) is 33.6. The molecule has 0 radical (unpaired) electrons. The van der Waals surface area contributed by atoms with E-state index < -0.39 is 0 Å². The fourth-order valence-electron chi connectivity index (χ4n) is 5.58. The van der Waals surface area contributed by atoms with Crippen LogP contribution in [0.15, 0.2) is 152 Å². The van der Waals surface area contributed by atoms with Gasteiger partial charge in [0.15, 0.2) is 0 Å². The van der Waals surface area contributed by atoms with Crippen LogP contribution in [0.2, 0.25) is 5.02 Å². The Kier molecular flexibility index (Phi) is 14.6. The first-order chi connectivity index (χ1) is 22.4. The average molecular weight is 869 g/mol. The van der Waals surface area contributed by atoms with E-state index in [4.69, 9.17) is 11.6 Å². The van der Waals surface area contributed by atoms with E-state index in [1.54, 1.807) is 0 Å². The van der Waals surface area contributed by atoms with Crippen LogP contribution < -0.4 is 24.8 Å². The van der Waals surface area contributed by atoms with Crippen molar-refractivity contribution in [3.8, 4) is 11.1 Å². The molecular formula is C45H43Cl3Hf-2. The first-order valence-corrected chi connectivity index (χ1v) is 18.4. The van der Waals surface area contributed by atoms with Crippen LogP contribution >= 0.6 is 11.6 Å². The summed E-state index contributed by atoms with van der Waals surface area (Å²) < 4.78 is 1.46. The van der Waals surface area contributed by atoms with Crippen LogP contribution in [0.3, 0.4) is 0 Å². The van der Waals surface area contributed by atoms with Crippen molar-refractivity contribution in [3.63, 3.8) is 0 Å². The summed E-state index contributed by atoms with van der Waals surface area (Å²) in [5.74, 6) is 0. The Morgan fingerprint density at radius 2 is 1.00 bits per heavy atom. The van der Waals surface area contributed by atoms with Gasteiger partial charge in [-0.25, -0.2) is 0 Å². The van der Waals surface area contributed by atoms with Gasteiger partial charge >= 0.3 is 98.9 Å². The monoisotopic (exact) mass is 868 g/mol. The fourth-order valence-corrected chi connectivity index (χ4v) is 7.02. The third kappa shape index (κ3) is 10.5. The van der Waals surface area contributed by atoms with Crippen LogP contribution in [-0.4, -0.2) is 3.26 Å². The molecule has 0 spiro atoms. The summed E-state index contributed by atoms with van der Waals surface area (Å²) in [5.41, 5.74) is 8.20. The Labute approximate surface area is 325 Å². The second-order valence-corrected chi connectivity index (χ2v) is 16.2. The number of benzene rings is 5. The van der Waals surface area contributed by atoms with Gasteiger partial charge in [-0.1, -0.05) is 118 Å². The fraction of sp³-hybridized carbons (Fsp3) is 0.178. The standard InChI is InChI=1S/C21H25.C13H10.C11H8Cl.2ClH.Hf/c1-20(2,3)16-7-9-18-14(12-16)11-15-13-17(21(4,5)6)8-10-19(15)18;1-3-7-12(8-4-1)11-13-9-5-2-6-10-13;12-11-8-4-3-7-10(11)9-5-1-2-6-9;;;/h7-13H,1-6H3;1-10H;1-8H;2*1H;/q-1;;-1;;;+2/p-2. The number of fused-ring (bicyclic) bond motifs is 3. The van der Waals surface area contributed by atoms with Gasteiger partial charge in [0.1, 0.15) is 0 Å². The molecule has 0 nitrogen and oxygen atoms in total. The van der Waals surface area contributed by atoms with E-state index in [1.165, 1.54) is 52.6 Å². The summed E-state index contributed by atoms with van der Waals surface area (Å²) >= 11 is 7.10. The molecule has 0 amide bonds. The predicted octanol–water partition coefficient (Wildman–Crippen LogP) is 6.84. The minimum absolute atomic E-state index is 0. The molecule has 0 aromatic heterocycles. The van der Waals surface area contributed by atoms with Gasteiger partial charge < -0.3 is 24.8 Å². The molecule has 4 heteroatoms. The Morgan fingerprint density at radius 1 is 0.551 bits per heavy atom. The van der Waals surface area contributed by atoms with Gasteiger partial charge in [-0.3, -0.25) is 0 Å². The van der Waals surface area contributed by atoms with Gasteiger partial charge in [0, 0.05) is 5.02 Å². The molecule has 7 rings (SSSR count). The first-order valence-electron chi connectivity index (χ1n) is 16.2. The zero-order valence-corrected chi connectivity index (χ0v) is 34.9. The zero-order valence-electron chi connectivity index (χ0n) is 29.1. The molecule has 0 N–H and O–H groups in total. The van der Waals surface area contributed by atoms with E-state index in [9.17, 15) is 0 Å². The topological polar surface area (TPSA) is 0 Å². The Bertz CT molecular complexity index is 1950. The molecule has 0 bridgehead atoms. The molecule has 0 atom stereocenters. The number of rotatable bonds is 3. The van der Waals surface area contributed by atoms with Crippen molar-refractivity contribution in [1.82, 2.24) is 0 Å². The van der Waals surface area contributed by atoms with E-state index >= 15 is 0 Å². The van der Waals surface area contributed by atoms with Gasteiger partial charge in [0.05, 0.1) is 0 Å². The van der Waals surface area contributed by atoms with E-state index in [1.807, 2.05) is 36.4 Å². The van der Waals surface area contributed by atoms with Crippen LogP contribution in [-0.2, 0) is 34.7 Å². The average Bonchev–Trinajstić information content (AvgIpc) is 3.73. The van der Waals surface area contributed by atoms with Crippen LogP contribution in [0, 0.1) is 0 Å². The Morgan fingerprint density at radius 3 is 1.41 bits per heavy atom. The summed E-state index contributed by atoms with van der Waals surface area (Å²) in [7, 11) is 0. The van der Waals surface area contributed by atoms with Crippen molar-refractivity contribution in [2.24, 2.45) is 0 Å². The molecule has 0 aliphatic heterocycles.